The second kappa shape index (κ2) is 9.29. The van der Waals surface area contributed by atoms with Crippen LogP contribution in [0.3, 0.4) is 0 Å². The molecular formula is C19H21FN2O4S. The maximum absolute atomic E-state index is 13.9. The quantitative estimate of drug-likeness (QED) is 0.507. The Balaban J connectivity index is 1.97. The fourth-order valence-electron chi connectivity index (χ4n) is 2.17. The third-order valence-corrected chi connectivity index (χ3v) is 5.02. The maximum atomic E-state index is 13.9. The van der Waals surface area contributed by atoms with Gasteiger partial charge in [-0.15, -0.1) is 6.58 Å². The van der Waals surface area contributed by atoms with E-state index in [0.717, 1.165) is 17.7 Å². The molecule has 0 fully saturated rings. The van der Waals surface area contributed by atoms with E-state index in [2.05, 4.69) is 16.6 Å². The van der Waals surface area contributed by atoms with Crippen molar-refractivity contribution in [3.8, 4) is 5.75 Å². The Morgan fingerprint density at radius 3 is 2.59 bits per heavy atom. The van der Waals surface area contributed by atoms with Gasteiger partial charge in [0.25, 0.3) is 5.91 Å². The highest BCUT2D eigenvalue weighted by Gasteiger charge is 2.20. The summed E-state index contributed by atoms with van der Waals surface area (Å²) in [5.74, 6) is -0.785. The van der Waals surface area contributed by atoms with Gasteiger partial charge in [-0.3, -0.25) is 4.79 Å². The van der Waals surface area contributed by atoms with E-state index in [-0.39, 0.29) is 25.3 Å². The van der Waals surface area contributed by atoms with Crippen LogP contribution >= 0.6 is 0 Å². The van der Waals surface area contributed by atoms with Crippen molar-refractivity contribution < 1.29 is 22.3 Å². The van der Waals surface area contributed by atoms with Crippen LogP contribution in [0.15, 0.2) is 60.0 Å². The highest BCUT2D eigenvalue weighted by Crippen LogP contribution is 2.16. The van der Waals surface area contributed by atoms with Gasteiger partial charge in [-0.2, -0.15) is 0 Å². The van der Waals surface area contributed by atoms with Gasteiger partial charge in [0, 0.05) is 12.1 Å². The third-order valence-electron chi connectivity index (χ3n) is 3.58. The van der Waals surface area contributed by atoms with Gasteiger partial charge in [-0.05, 0) is 37.3 Å². The third kappa shape index (κ3) is 5.90. The first-order chi connectivity index (χ1) is 12.8. The molecule has 2 aromatic carbocycles. The standard InChI is InChI=1S/C19H21FN2O4S/c1-3-10-22-27(24,25)18-13-15(6-9-17(18)20)19(23)21-11-12-26-16-7-4-14(2)5-8-16/h3-9,13,22H,1,10-12H2,2H3,(H,21,23). The van der Waals surface area contributed by atoms with Gasteiger partial charge in [0.05, 0.1) is 6.54 Å². The smallest absolute Gasteiger partial charge is 0.251 e. The van der Waals surface area contributed by atoms with Gasteiger partial charge in [-0.1, -0.05) is 23.8 Å². The topological polar surface area (TPSA) is 84.5 Å². The van der Waals surface area contributed by atoms with E-state index >= 15 is 0 Å². The van der Waals surface area contributed by atoms with Crippen molar-refractivity contribution in [2.75, 3.05) is 19.7 Å². The summed E-state index contributed by atoms with van der Waals surface area (Å²) in [4.78, 5) is 11.6. The SMILES string of the molecule is C=CCNS(=O)(=O)c1cc(C(=O)NCCOc2ccc(C)cc2)ccc1F. The molecular weight excluding hydrogens is 371 g/mol. The highest BCUT2D eigenvalue weighted by atomic mass is 32.2. The predicted molar refractivity (Wildman–Crippen MR) is 101 cm³/mol. The van der Waals surface area contributed by atoms with Crippen LogP contribution in [0.25, 0.3) is 0 Å². The molecule has 0 unspecified atom stereocenters. The molecule has 2 aromatic rings. The Bertz CT molecular complexity index is 912. The van der Waals surface area contributed by atoms with Gasteiger partial charge in [0.2, 0.25) is 10.0 Å². The van der Waals surface area contributed by atoms with Crippen LogP contribution < -0.4 is 14.8 Å². The molecule has 0 atom stereocenters. The highest BCUT2D eigenvalue weighted by molar-refractivity contribution is 7.89. The van der Waals surface area contributed by atoms with Crippen LogP contribution in [0.5, 0.6) is 5.75 Å². The predicted octanol–water partition coefficient (Wildman–Crippen LogP) is 2.41. The molecule has 0 heterocycles. The minimum Gasteiger partial charge on any atom is -0.492 e. The summed E-state index contributed by atoms with van der Waals surface area (Å²) < 4.78 is 45.7. The summed E-state index contributed by atoms with van der Waals surface area (Å²) in [6, 6.07) is 10.6. The molecule has 2 N–H and O–H groups in total. The fraction of sp³-hybridized carbons (Fsp3) is 0.211. The zero-order chi connectivity index (χ0) is 19.9. The zero-order valence-electron chi connectivity index (χ0n) is 14.9. The lowest BCUT2D eigenvalue weighted by atomic mass is 10.2. The zero-order valence-corrected chi connectivity index (χ0v) is 15.7. The van der Waals surface area contributed by atoms with Crippen molar-refractivity contribution in [3.05, 3.63) is 72.1 Å². The summed E-state index contributed by atoms with van der Waals surface area (Å²) in [6.45, 7) is 5.76. The number of carbonyl (C=O) groups excluding carboxylic acids is 1. The summed E-state index contributed by atoms with van der Waals surface area (Å²) in [5.41, 5.74) is 1.14. The number of aryl methyl sites for hydroxylation is 1. The number of hydrogen-bond donors (Lipinski definition) is 2. The van der Waals surface area contributed by atoms with Crippen molar-refractivity contribution in [1.29, 1.82) is 0 Å². The number of ether oxygens (including phenoxy) is 1. The lowest BCUT2D eigenvalue weighted by Gasteiger charge is -2.10. The normalized spacial score (nSPS) is 11.0. The number of halogens is 1. The Kier molecular flexibility index (Phi) is 7.09. The molecule has 0 saturated carbocycles. The lowest BCUT2D eigenvalue weighted by Crippen LogP contribution is -2.29. The van der Waals surface area contributed by atoms with Gasteiger partial charge in [0.15, 0.2) is 0 Å². The Hall–Kier alpha value is -2.71. The van der Waals surface area contributed by atoms with E-state index in [4.69, 9.17) is 4.74 Å². The van der Waals surface area contributed by atoms with Crippen molar-refractivity contribution in [1.82, 2.24) is 10.0 Å². The minimum atomic E-state index is -4.07. The van der Waals surface area contributed by atoms with Gasteiger partial charge < -0.3 is 10.1 Å². The summed E-state index contributed by atoms with van der Waals surface area (Å²) in [6.07, 6.45) is 1.33. The van der Waals surface area contributed by atoms with E-state index in [1.54, 1.807) is 0 Å². The van der Waals surface area contributed by atoms with Crippen LogP contribution in [-0.2, 0) is 10.0 Å². The van der Waals surface area contributed by atoms with Crippen molar-refractivity contribution in [2.45, 2.75) is 11.8 Å². The fourth-order valence-corrected chi connectivity index (χ4v) is 3.27. The first-order valence-electron chi connectivity index (χ1n) is 8.21. The molecule has 0 aliphatic heterocycles. The molecule has 0 bridgehead atoms. The Labute approximate surface area is 158 Å². The molecule has 2 rings (SSSR count). The number of benzene rings is 2. The minimum absolute atomic E-state index is 0.0331. The number of amides is 1. The van der Waals surface area contributed by atoms with Crippen LogP contribution in [0.1, 0.15) is 15.9 Å². The number of sulfonamides is 1. The first-order valence-corrected chi connectivity index (χ1v) is 9.69. The van der Waals surface area contributed by atoms with Crippen LogP contribution in [-0.4, -0.2) is 34.0 Å². The van der Waals surface area contributed by atoms with E-state index < -0.39 is 26.6 Å². The number of nitrogens with one attached hydrogen (secondary N) is 2. The van der Waals surface area contributed by atoms with Gasteiger partial charge in [0.1, 0.15) is 23.1 Å². The van der Waals surface area contributed by atoms with Crippen molar-refractivity contribution >= 4 is 15.9 Å². The molecule has 0 aromatic heterocycles. The number of hydrogen-bond acceptors (Lipinski definition) is 4. The van der Waals surface area contributed by atoms with E-state index in [9.17, 15) is 17.6 Å². The molecule has 0 spiro atoms. The number of rotatable bonds is 9. The largest absolute Gasteiger partial charge is 0.492 e. The molecule has 0 aliphatic carbocycles. The number of carbonyl (C=O) groups is 1. The van der Waals surface area contributed by atoms with Crippen molar-refractivity contribution in [3.63, 3.8) is 0 Å². The Morgan fingerprint density at radius 1 is 1.22 bits per heavy atom. The molecule has 144 valence electrons. The molecule has 27 heavy (non-hydrogen) atoms. The molecule has 1 amide bonds. The first kappa shape index (κ1) is 20.6. The maximum Gasteiger partial charge on any atom is 0.251 e. The van der Waals surface area contributed by atoms with Crippen molar-refractivity contribution in [2.24, 2.45) is 0 Å². The second-order valence-corrected chi connectivity index (χ2v) is 7.44. The molecule has 0 saturated heterocycles. The van der Waals surface area contributed by atoms with E-state index in [1.165, 1.54) is 12.1 Å². The van der Waals surface area contributed by atoms with Crippen LogP contribution in [0.2, 0.25) is 0 Å². The van der Waals surface area contributed by atoms with E-state index in [1.807, 2.05) is 31.2 Å². The lowest BCUT2D eigenvalue weighted by molar-refractivity contribution is 0.0946. The molecule has 0 aliphatic rings. The summed E-state index contributed by atoms with van der Waals surface area (Å²) >= 11 is 0. The van der Waals surface area contributed by atoms with Crippen LogP contribution in [0.4, 0.5) is 4.39 Å². The monoisotopic (exact) mass is 392 g/mol. The van der Waals surface area contributed by atoms with Crippen LogP contribution in [0, 0.1) is 12.7 Å². The van der Waals surface area contributed by atoms with E-state index in [0.29, 0.717) is 5.75 Å². The summed E-state index contributed by atoms with van der Waals surface area (Å²) in [5, 5.41) is 2.60. The molecule has 0 radical (unpaired) electrons. The van der Waals surface area contributed by atoms with Gasteiger partial charge >= 0.3 is 0 Å². The molecule has 6 nitrogen and oxygen atoms in total. The van der Waals surface area contributed by atoms with Gasteiger partial charge in [-0.25, -0.2) is 17.5 Å². The molecule has 8 heteroatoms. The average molecular weight is 392 g/mol. The Morgan fingerprint density at radius 2 is 1.93 bits per heavy atom. The average Bonchev–Trinajstić information content (AvgIpc) is 2.65. The summed E-state index contributed by atoms with van der Waals surface area (Å²) in [7, 11) is -4.07. The second-order valence-electron chi connectivity index (χ2n) is 5.70.